The third-order valence-corrected chi connectivity index (χ3v) is 3.95. The molecule has 1 aliphatic rings. The number of anilines is 1. The molecule has 1 fully saturated rings. The fraction of sp³-hybridized carbons (Fsp3) is 0.500. The molecule has 0 aromatic heterocycles. The molecular formula is C12H16BrNO. The Morgan fingerprint density at radius 3 is 2.87 bits per heavy atom. The highest BCUT2D eigenvalue weighted by Gasteiger charge is 2.25. The summed E-state index contributed by atoms with van der Waals surface area (Å²) in [5.41, 5.74) is 2.33. The second-order valence-electron chi connectivity index (χ2n) is 4.16. The molecule has 0 aliphatic heterocycles. The number of hydrogen-bond donors (Lipinski definition) is 2. The van der Waals surface area contributed by atoms with E-state index in [1.165, 1.54) is 5.56 Å². The smallest absolute Gasteiger partial charge is 0.0741 e. The molecular weight excluding hydrogens is 254 g/mol. The van der Waals surface area contributed by atoms with Crippen LogP contribution in [0.1, 0.15) is 24.8 Å². The lowest BCUT2D eigenvalue weighted by atomic mass is 10.1. The summed E-state index contributed by atoms with van der Waals surface area (Å²) in [5, 5.41) is 13.2. The molecule has 1 aliphatic carbocycles. The Morgan fingerprint density at radius 2 is 2.20 bits per heavy atom. The highest BCUT2D eigenvalue weighted by molar-refractivity contribution is 9.10. The van der Waals surface area contributed by atoms with E-state index in [1.807, 2.05) is 12.1 Å². The van der Waals surface area contributed by atoms with Crippen molar-refractivity contribution in [3.63, 3.8) is 0 Å². The van der Waals surface area contributed by atoms with Crippen LogP contribution in [-0.2, 0) is 0 Å². The van der Waals surface area contributed by atoms with Crippen LogP contribution in [0, 0.1) is 6.92 Å². The molecule has 0 bridgehead atoms. The monoisotopic (exact) mass is 269 g/mol. The number of benzene rings is 1. The maximum Gasteiger partial charge on any atom is 0.0741 e. The molecule has 2 atom stereocenters. The lowest BCUT2D eigenvalue weighted by molar-refractivity contribution is 0.172. The molecule has 2 nitrogen and oxygen atoms in total. The van der Waals surface area contributed by atoms with Gasteiger partial charge in [-0.3, -0.25) is 0 Å². The van der Waals surface area contributed by atoms with Crippen molar-refractivity contribution in [2.75, 3.05) is 5.32 Å². The minimum absolute atomic E-state index is 0.191. The summed E-state index contributed by atoms with van der Waals surface area (Å²) in [7, 11) is 0. The fourth-order valence-corrected chi connectivity index (χ4v) is 2.44. The molecule has 2 N–H and O–H groups in total. The van der Waals surface area contributed by atoms with Crippen LogP contribution in [0.5, 0.6) is 0 Å². The van der Waals surface area contributed by atoms with Gasteiger partial charge in [-0.1, -0.05) is 22.0 Å². The van der Waals surface area contributed by atoms with Crippen molar-refractivity contribution in [3.8, 4) is 0 Å². The van der Waals surface area contributed by atoms with Crippen LogP contribution in [0.3, 0.4) is 0 Å². The first-order valence-electron chi connectivity index (χ1n) is 5.38. The van der Waals surface area contributed by atoms with E-state index in [2.05, 4.69) is 34.2 Å². The molecule has 0 heterocycles. The van der Waals surface area contributed by atoms with Crippen molar-refractivity contribution < 1.29 is 5.11 Å². The van der Waals surface area contributed by atoms with Gasteiger partial charge in [-0.15, -0.1) is 0 Å². The average molecular weight is 270 g/mol. The van der Waals surface area contributed by atoms with Gasteiger partial charge in [0.2, 0.25) is 0 Å². The lowest BCUT2D eigenvalue weighted by Gasteiger charge is -2.19. The van der Waals surface area contributed by atoms with Gasteiger partial charge >= 0.3 is 0 Å². The number of halogens is 1. The summed E-state index contributed by atoms with van der Waals surface area (Å²) in [6, 6.07) is 6.33. The Labute approximate surface area is 98.8 Å². The molecule has 1 aromatic carbocycles. The average Bonchev–Trinajstić information content (AvgIpc) is 2.60. The summed E-state index contributed by atoms with van der Waals surface area (Å²) < 4.78 is 1.11. The van der Waals surface area contributed by atoms with Gasteiger partial charge in [0.1, 0.15) is 0 Å². The van der Waals surface area contributed by atoms with Crippen molar-refractivity contribution in [1.82, 2.24) is 0 Å². The highest BCUT2D eigenvalue weighted by Crippen LogP contribution is 2.28. The second kappa shape index (κ2) is 4.54. The first-order valence-corrected chi connectivity index (χ1v) is 6.17. The summed E-state index contributed by atoms with van der Waals surface area (Å²) in [6.07, 6.45) is 2.91. The molecule has 3 heteroatoms. The number of nitrogens with one attached hydrogen (secondary N) is 1. The molecule has 0 unspecified atom stereocenters. The van der Waals surface area contributed by atoms with Gasteiger partial charge in [-0.25, -0.2) is 0 Å². The second-order valence-corrected chi connectivity index (χ2v) is 5.02. The fourth-order valence-electron chi connectivity index (χ4n) is 2.07. The molecule has 1 aromatic rings. The van der Waals surface area contributed by atoms with E-state index in [9.17, 15) is 5.11 Å². The van der Waals surface area contributed by atoms with Crippen molar-refractivity contribution in [2.24, 2.45) is 0 Å². The van der Waals surface area contributed by atoms with Gasteiger partial charge in [0, 0.05) is 10.2 Å². The Morgan fingerprint density at radius 1 is 1.40 bits per heavy atom. The van der Waals surface area contributed by atoms with Gasteiger partial charge in [0.15, 0.2) is 0 Å². The van der Waals surface area contributed by atoms with Crippen LogP contribution in [0.4, 0.5) is 5.69 Å². The molecule has 1 saturated carbocycles. The van der Waals surface area contributed by atoms with Crippen molar-refractivity contribution in [3.05, 3.63) is 28.2 Å². The third-order valence-electron chi connectivity index (χ3n) is 3.09. The van der Waals surface area contributed by atoms with Crippen LogP contribution in [0.2, 0.25) is 0 Å². The predicted molar refractivity (Wildman–Crippen MR) is 66.1 cm³/mol. The van der Waals surface area contributed by atoms with Crippen LogP contribution in [0.15, 0.2) is 22.7 Å². The summed E-state index contributed by atoms with van der Waals surface area (Å²) in [5.74, 6) is 0. The third kappa shape index (κ3) is 2.34. The zero-order valence-electron chi connectivity index (χ0n) is 8.83. The largest absolute Gasteiger partial charge is 0.391 e. The molecule has 15 heavy (non-hydrogen) atoms. The van der Waals surface area contributed by atoms with E-state index >= 15 is 0 Å². The maximum atomic E-state index is 9.74. The molecule has 0 saturated heterocycles. The number of aliphatic hydroxyl groups excluding tert-OH is 1. The van der Waals surface area contributed by atoms with E-state index in [4.69, 9.17) is 0 Å². The SMILES string of the molecule is Cc1c(Br)cccc1N[C@H]1CCC[C@@H]1O. The molecule has 82 valence electrons. The lowest BCUT2D eigenvalue weighted by Crippen LogP contribution is -2.28. The minimum Gasteiger partial charge on any atom is -0.391 e. The van der Waals surface area contributed by atoms with Gasteiger partial charge in [0.25, 0.3) is 0 Å². The van der Waals surface area contributed by atoms with Crippen molar-refractivity contribution in [2.45, 2.75) is 38.3 Å². The number of rotatable bonds is 2. The van der Waals surface area contributed by atoms with Gasteiger partial charge < -0.3 is 10.4 Å². The predicted octanol–water partition coefficient (Wildman–Crippen LogP) is 3.08. The van der Waals surface area contributed by atoms with Gasteiger partial charge in [0.05, 0.1) is 12.1 Å². The van der Waals surface area contributed by atoms with Crippen LogP contribution in [0.25, 0.3) is 0 Å². The Balaban J connectivity index is 2.13. The summed E-state index contributed by atoms with van der Waals surface area (Å²) >= 11 is 3.51. The Bertz CT molecular complexity index is 353. The standard InChI is InChI=1S/C12H16BrNO/c1-8-9(13)4-2-5-10(8)14-11-6-3-7-12(11)15/h2,4-5,11-12,14-15H,3,6-7H2,1H3/t11-,12-/m0/s1. The van der Waals surface area contributed by atoms with Crippen molar-refractivity contribution >= 4 is 21.6 Å². The van der Waals surface area contributed by atoms with Crippen LogP contribution < -0.4 is 5.32 Å². The Hall–Kier alpha value is -0.540. The normalized spacial score (nSPS) is 25.5. The topological polar surface area (TPSA) is 32.3 Å². The van der Waals surface area contributed by atoms with E-state index in [0.717, 1.165) is 29.4 Å². The van der Waals surface area contributed by atoms with E-state index in [1.54, 1.807) is 0 Å². The van der Waals surface area contributed by atoms with E-state index < -0.39 is 0 Å². The zero-order valence-corrected chi connectivity index (χ0v) is 10.4. The van der Waals surface area contributed by atoms with E-state index in [0.29, 0.717) is 0 Å². The maximum absolute atomic E-state index is 9.74. The molecule has 0 spiro atoms. The minimum atomic E-state index is -0.191. The quantitative estimate of drug-likeness (QED) is 0.865. The van der Waals surface area contributed by atoms with Gasteiger partial charge in [-0.05, 0) is 43.9 Å². The summed E-state index contributed by atoms with van der Waals surface area (Å²) in [4.78, 5) is 0. The van der Waals surface area contributed by atoms with Crippen LogP contribution in [-0.4, -0.2) is 17.3 Å². The molecule has 0 radical (unpaired) electrons. The number of hydrogen-bond acceptors (Lipinski definition) is 2. The summed E-state index contributed by atoms with van der Waals surface area (Å²) in [6.45, 7) is 2.08. The first-order chi connectivity index (χ1) is 7.18. The van der Waals surface area contributed by atoms with Gasteiger partial charge in [-0.2, -0.15) is 0 Å². The molecule has 0 amide bonds. The number of aliphatic hydroxyl groups is 1. The zero-order chi connectivity index (χ0) is 10.8. The van der Waals surface area contributed by atoms with E-state index in [-0.39, 0.29) is 12.1 Å². The first kappa shape index (κ1) is 11.0. The molecule has 2 rings (SSSR count). The van der Waals surface area contributed by atoms with Crippen LogP contribution >= 0.6 is 15.9 Å². The Kier molecular flexibility index (Phi) is 3.32. The van der Waals surface area contributed by atoms with Crippen molar-refractivity contribution in [1.29, 1.82) is 0 Å². The highest BCUT2D eigenvalue weighted by atomic mass is 79.9.